The van der Waals surface area contributed by atoms with E-state index in [1.54, 1.807) is 40.9 Å². The molecule has 2 N–H and O–H groups in total. The van der Waals surface area contributed by atoms with Crippen LogP contribution in [0.15, 0.2) is 95.0 Å². The van der Waals surface area contributed by atoms with E-state index < -0.39 is 11.6 Å². The molecule has 0 saturated heterocycles. The van der Waals surface area contributed by atoms with Crippen molar-refractivity contribution in [2.45, 2.75) is 36.6 Å². The quantitative estimate of drug-likeness (QED) is 0.141. The van der Waals surface area contributed by atoms with Gasteiger partial charge in [-0.05, 0) is 73.4 Å². The van der Waals surface area contributed by atoms with Crippen LogP contribution in [-0.2, 0) is 16.0 Å². The van der Waals surface area contributed by atoms with E-state index in [0.717, 1.165) is 28.3 Å². The molecule has 2 aliphatic rings. The van der Waals surface area contributed by atoms with Gasteiger partial charge in [0, 0.05) is 21.9 Å². The van der Waals surface area contributed by atoms with Crippen molar-refractivity contribution in [3.8, 4) is 0 Å². The maximum atomic E-state index is 14.0. The molecule has 11 heteroatoms. The van der Waals surface area contributed by atoms with Crippen LogP contribution in [0.25, 0.3) is 0 Å². The van der Waals surface area contributed by atoms with Gasteiger partial charge < -0.3 is 10.1 Å². The van der Waals surface area contributed by atoms with Crippen molar-refractivity contribution < 1.29 is 19.1 Å². The number of carbonyl (C=O) groups is 3. The summed E-state index contributed by atoms with van der Waals surface area (Å²) in [4.78, 5) is 41.2. The van der Waals surface area contributed by atoms with Crippen molar-refractivity contribution in [2.75, 3.05) is 23.1 Å². The number of rotatable bonds is 9. The number of esters is 1. The second-order valence-corrected chi connectivity index (χ2v) is 12.2. The van der Waals surface area contributed by atoms with Crippen molar-refractivity contribution >= 4 is 70.0 Å². The average Bonchev–Trinajstić information content (AvgIpc) is 3.32. The number of nitrogens with one attached hydrogen (secondary N) is 2. The molecule has 1 unspecified atom stereocenters. The van der Waals surface area contributed by atoms with Gasteiger partial charge in [0.25, 0.3) is 5.91 Å². The maximum absolute atomic E-state index is 14.0. The SMILES string of the molecule is CCC1(N2C(=O)C(=NNC(=O)Nc3ccc(Cl)c(Cl)c3)c3cc(SCCc4ccc(C(=O)OC)cc4)ccc32)C=CC=CC1. The molecule has 1 aliphatic carbocycles. The van der Waals surface area contributed by atoms with Gasteiger partial charge in [-0.25, -0.2) is 15.0 Å². The lowest BCUT2D eigenvalue weighted by atomic mass is 9.86. The van der Waals surface area contributed by atoms with Crippen LogP contribution in [0, 0.1) is 0 Å². The van der Waals surface area contributed by atoms with Crippen molar-refractivity contribution in [3.63, 3.8) is 0 Å². The number of aryl methyl sites for hydroxylation is 1. The number of fused-ring (bicyclic) bond motifs is 1. The minimum absolute atomic E-state index is 0.154. The first kappa shape index (κ1) is 31.4. The summed E-state index contributed by atoms with van der Waals surface area (Å²) in [6.45, 7) is 2.05. The molecule has 1 heterocycles. The monoisotopic (exact) mass is 648 g/mol. The van der Waals surface area contributed by atoms with E-state index in [1.807, 2.05) is 42.5 Å². The van der Waals surface area contributed by atoms with Crippen molar-refractivity contribution in [1.29, 1.82) is 0 Å². The second kappa shape index (κ2) is 13.7. The fourth-order valence-electron chi connectivity index (χ4n) is 5.16. The molecule has 0 saturated carbocycles. The Morgan fingerprint density at radius 1 is 1.05 bits per heavy atom. The van der Waals surface area contributed by atoms with Crippen molar-refractivity contribution in [1.82, 2.24) is 5.43 Å². The molecule has 3 amide bonds. The molecule has 0 fully saturated rings. The lowest BCUT2D eigenvalue weighted by molar-refractivity contribution is -0.113. The molecule has 0 radical (unpaired) electrons. The molecular formula is C33H30Cl2N4O4S. The molecule has 8 nitrogen and oxygen atoms in total. The van der Waals surface area contributed by atoms with Crippen LogP contribution in [0.5, 0.6) is 0 Å². The van der Waals surface area contributed by atoms with Gasteiger partial charge in [0.1, 0.15) is 0 Å². The smallest absolute Gasteiger partial charge is 0.339 e. The highest BCUT2D eigenvalue weighted by Gasteiger charge is 2.45. The number of hydrogen-bond donors (Lipinski definition) is 2. The predicted octanol–water partition coefficient (Wildman–Crippen LogP) is 7.65. The summed E-state index contributed by atoms with van der Waals surface area (Å²) in [6.07, 6.45) is 10.2. The number of hydrazone groups is 1. The van der Waals surface area contributed by atoms with E-state index in [2.05, 4.69) is 34.9 Å². The Morgan fingerprint density at radius 2 is 1.84 bits per heavy atom. The van der Waals surface area contributed by atoms with Crippen LogP contribution in [0.4, 0.5) is 16.2 Å². The average molecular weight is 650 g/mol. The van der Waals surface area contributed by atoms with Crippen LogP contribution in [0.1, 0.15) is 41.3 Å². The van der Waals surface area contributed by atoms with Gasteiger partial charge in [-0.15, -0.1) is 11.8 Å². The molecule has 44 heavy (non-hydrogen) atoms. The summed E-state index contributed by atoms with van der Waals surface area (Å²) in [6, 6.07) is 17.3. The number of nitrogens with zero attached hydrogens (tertiary/aromatic N) is 2. The largest absolute Gasteiger partial charge is 0.465 e. The van der Waals surface area contributed by atoms with Crippen LogP contribution >= 0.6 is 35.0 Å². The Bertz CT molecular complexity index is 1690. The zero-order valence-corrected chi connectivity index (χ0v) is 26.4. The van der Waals surface area contributed by atoms with Crippen LogP contribution in [0.3, 0.4) is 0 Å². The molecule has 1 aliphatic heterocycles. The molecule has 0 aromatic heterocycles. The Labute approximate surface area is 270 Å². The van der Waals surface area contributed by atoms with Gasteiger partial charge >= 0.3 is 12.0 Å². The van der Waals surface area contributed by atoms with E-state index in [-0.39, 0.29) is 17.6 Å². The van der Waals surface area contributed by atoms with E-state index in [0.29, 0.717) is 39.7 Å². The molecule has 3 aromatic rings. The second-order valence-electron chi connectivity index (χ2n) is 10.2. The highest BCUT2D eigenvalue weighted by molar-refractivity contribution is 7.99. The molecule has 1 atom stereocenters. The summed E-state index contributed by atoms with van der Waals surface area (Å²) in [5.74, 6) is 0.123. The first-order valence-corrected chi connectivity index (χ1v) is 15.7. The number of ether oxygens (including phenoxy) is 1. The fraction of sp³-hybridized carbons (Fsp3) is 0.212. The van der Waals surface area contributed by atoms with E-state index in [9.17, 15) is 14.4 Å². The normalized spacial score (nSPS) is 18.0. The Hall–Kier alpha value is -4.05. The summed E-state index contributed by atoms with van der Waals surface area (Å²) in [5, 5.41) is 7.63. The van der Waals surface area contributed by atoms with Gasteiger partial charge in [0.2, 0.25) is 0 Å². The van der Waals surface area contributed by atoms with Gasteiger partial charge in [-0.2, -0.15) is 5.10 Å². The summed E-state index contributed by atoms with van der Waals surface area (Å²) in [5.41, 5.74) is 5.50. The Morgan fingerprint density at radius 3 is 2.52 bits per heavy atom. The minimum Gasteiger partial charge on any atom is -0.465 e. The lowest BCUT2D eigenvalue weighted by Gasteiger charge is -2.39. The van der Waals surface area contributed by atoms with Crippen molar-refractivity contribution in [2.24, 2.45) is 5.10 Å². The number of hydrogen-bond acceptors (Lipinski definition) is 6. The molecular weight excluding hydrogens is 619 g/mol. The predicted molar refractivity (Wildman–Crippen MR) is 177 cm³/mol. The lowest BCUT2D eigenvalue weighted by Crippen LogP contribution is -2.50. The maximum Gasteiger partial charge on any atom is 0.339 e. The van der Waals surface area contributed by atoms with E-state index in [4.69, 9.17) is 27.9 Å². The Balaban J connectivity index is 1.37. The fourth-order valence-corrected chi connectivity index (χ4v) is 6.40. The molecule has 3 aromatic carbocycles. The summed E-state index contributed by atoms with van der Waals surface area (Å²) >= 11 is 13.7. The summed E-state index contributed by atoms with van der Waals surface area (Å²) < 4.78 is 4.77. The minimum atomic E-state index is -0.627. The molecule has 5 rings (SSSR count). The number of methoxy groups -OCH3 is 1. The number of allylic oxidation sites excluding steroid dienone is 2. The molecule has 226 valence electrons. The van der Waals surface area contributed by atoms with Crippen molar-refractivity contribution in [3.05, 3.63) is 112 Å². The van der Waals surface area contributed by atoms with Crippen LogP contribution < -0.4 is 15.6 Å². The number of halogens is 2. The first-order chi connectivity index (χ1) is 21.2. The number of thioether (sulfide) groups is 1. The molecule has 0 bridgehead atoms. The van der Waals surface area contributed by atoms with Crippen LogP contribution in [0.2, 0.25) is 10.0 Å². The number of amides is 3. The number of urea groups is 1. The Kier molecular flexibility index (Phi) is 9.78. The summed E-state index contributed by atoms with van der Waals surface area (Å²) in [7, 11) is 1.36. The van der Waals surface area contributed by atoms with Crippen LogP contribution in [-0.4, -0.2) is 42.0 Å². The third-order valence-corrected chi connectivity index (χ3v) is 9.27. The number of benzene rings is 3. The highest BCUT2D eigenvalue weighted by atomic mass is 35.5. The van der Waals surface area contributed by atoms with E-state index in [1.165, 1.54) is 13.2 Å². The first-order valence-electron chi connectivity index (χ1n) is 14.0. The van der Waals surface area contributed by atoms with Gasteiger partial charge in [0.15, 0.2) is 5.71 Å². The number of carbonyl (C=O) groups excluding carboxylic acids is 3. The number of anilines is 2. The highest BCUT2D eigenvalue weighted by Crippen LogP contribution is 2.41. The zero-order valence-electron chi connectivity index (χ0n) is 24.1. The third kappa shape index (κ3) is 6.70. The van der Waals surface area contributed by atoms with E-state index >= 15 is 0 Å². The van der Waals surface area contributed by atoms with Gasteiger partial charge in [-0.3, -0.25) is 9.69 Å². The van der Waals surface area contributed by atoms with Gasteiger partial charge in [-0.1, -0.05) is 66.6 Å². The third-order valence-electron chi connectivity index (χ3n) is 7.53. The van der Waals surface area contributed by atoms with Gasteiger partial charge in [0.05, 0.1) is 33.9 Å². The standard InChI is InChI=1S/C33H30Cl2N4O4S/c1-3-33(16-5-4-6-17-33)39-28-14-12-24(44-18-15-21-7-9-22(10-8-21)31(41)43-2)20-25(28)29(30(39)40)37-38-32(42)36-23-11-13-26(34)27(35)19-23/h4-14,16,19-20H,3,15,17-18H2,1-2H3,(H2,36,38,42). The molecule has 0 spiro atoms. The zero-order chi connectivity index (χ0) is 31.3. The topological polar surface area (TPSA) is 100 Å².